The number of pyridine rings is 1. The van der Waals surface area contributed by atoms with Gasteiger partial charge < -0.3 is 29.2 Å². The molecule has 1 aromatic heterocycles. The highest BCUT2D eigenvalue weighted by Gasteiger charge is 2.54. The van der Waals surface area contributed by atoms with Crippen molar-refractivity contribution < 1.29 is 33.3 Å². The molecular formula is C31H34N4O7. The van der Waals surface area contributed by atoms with E-state index in [0.29, 0.717) is 54.3 Å². The first kappa shape index (κ1) is 28.9. The standard InChI is InChI=1S/C31H34N4O7/c1-39-24-9-6-22(7-10-24)30(38)35-25(28(36)33-19-21-5-4-14-32-18-21)20-42-31(35)12-15-34(16-13-31)29(37)23-8-11-26(40-2)27(17-23)41-3/h4-11,14,17-18,25H,12-13,15-16,19-20H2,1-3H3,(H,33,36). The molecule has 5 rings (SSSR count). The van der Waals surface area contributed by atoms with Gasteiger partial charge in [-0.1, -0.05) is 6.07 Å². The fourth-order valence-electron chi connectivity index (χ4n) is 5.46. The van der Waals surface area contributed by atoms with Gasteiger partial charge in [-0.05, 0) is 54.1 Å². The minimum absolute atomic E-state index is 0.0460. The third-order valence-electron chi connectivity index (χ3n) is 7.77. The summed E-state index contributed by atoms with van der Waals surface area (Å²) in [6.07, 6.45) is 4.04. The number of rotatable bonds is 8. The zero-order chi connectivity index (χ0) is 29.7. The number of likely N-dealkylation sites (tertiary alicyclic amines) is 1. The topological polar surface area (TPSA) is 120 Å². The normalized spacial score (nSPS) is 17.5. The van der Waals surface area contributed by atoms with Crippen molar-refractivity contribution in [1.82, 2.24) is 20.1 Å². The van der Waals surface area contributed by atoms with E-state index in [4.69, 9.17) is 18.9 Å². The first-order valence-electron chi connectivity index (χ1n) is 13.7. The molecule has 42 heavy (non-hydrogen) atoms. The van der Waals surface area contributed by atoms with Crippen LogP contribution < -0.4 is 19.5 Å². The third kappa shape index (κ3) is 5.73. The molecule has 0 saturated carbocycles. The van der Waals surface area contributed by atoms with Crippen LogP contribution in [0, 0.1) is 0 Å². The fraction of sp³-hybridized carbons (Fsp3) is 0.355. The summed E-state index contributed by atoms with van der Waals surface area (Å²) in [5.74, 6) is 0.811. The SMILES string of the molecule is COc1ccc(C(=O)N2C(C(=O)NCc3cccnc3)COC23CCN(C(=O)c2ccc(OC)c(OC)c2)CC3)cc1. The monoisotopic (exact) mass is 574 g/mol. The first-order valence-corrected chi connectivity index (χ1v) is 13.7. The predicted octanol–water partition coefficient (Wildman–Crippen LogP) is 2.90. The number of amides is 3. The Hall–Kier alpha value is -4.64. The van der Waals surface area contributed by atoms with Gasteiger partial charge in [0.2, 0.25) is 5.91 Å². The summed E-state index contributed by atoms with van der Waals surface area (Å²) in [5.41, 5.74) is 0.681. The minimum Gasteiger partial charge on any atom is -0.497 e. The van der Waals surface area contributed by atoms with Gasteiger partial charge in [-0.2, -0.15) is 0 Å². The summed E-state index contributed by atoms with van der Waals surface area (Å²) < 4.78 is 22.2. The average Bonchev–Trinajstić information content (AvgIpc) is 3.41. The first-order chi connectivity index (χ1) is 20.4. The summed E-state index contributed by atoms with van der Waals surface area (Å²) in [6, 6.07) is 14.6. The van der Waals surface area contributed by atoms with Crippen molar-refractivity contribution in [3.05, 3.63) is 83.7 Å². The van der Waals surface area contributed by atoms with E-state index in [0.717, 1.165) is 5.56 Å². The van der Waals surface area contributed by atoms with Crippen molar-refractivity contribution >= 4 is 17.7 Å². The van der Waals surface area contributed by atoms with Gasteiger partial charge in [-0.15, -0.1) is 0 Å². The molecule has 3 amide bonds. The summed E-state index contributed by atoms with van der Waals surface area (Å²) in [4.78, 5) is 48.2. The highest BCUT2D eigenvalue weighted by molar-refractivity contribution is 5.99. The zero-order valence-electron chi connectivity index (χ0n) is 23.9. The number of ether oxygens (including phenoxy) is 4. The van der Waals surface area contributed by atoms with Gasteiger partial charge in [0.05, 0.1) is 27.9 Å². The van der Waals surface area contributed by atoms with Crippen LogP contribution in [-0.2, 0) is 16.1 Å². The van der Waals surface area contributed by atoms with Gasteiger partial charge >= 0.3 is 0 Å². The minimum atomic E-state index is -1.04. The van der Waals surface area contributed by atoms with E-state index in [1.54, 1.807) is 77.8 Å². The van der Waals surface area contributed by atoms with E-state index >= 15 is 0 Å². The molecule has 11 nitrogen and oxygen atoms in total. The average molecular weight is 575 g/mol. The molecule has 3 heterocycles. The number of nitrogens with zero attached hydrogens (tertiary/aromatic N) is 3. The van der Waals surface area contributed by atoms with Crippen LogP contribution in [-0.4, -0.2) is 85.3 Å². The lowest BCUT2D eigenvalue weighted by molar-refractivity contribution is -0.128. The highest BCUT2D eigenvalue weighted by Crippen LogP contribution is 2.39. The largest absolute Gasteiger partial charge is 0.497 e. The maximum absolute atomic E-state index is 14.0. The molecule has 0 radical (unpaired) electrons. The number of nitrogens with one attached hydrogen (secondary N) is 1. The van der Waals surface area contributed by atoms with Crippen LogP contribution in [0.3, 0.4) is 0 Å². The van der Waals surface area contributed by atoms with E-state index < -0.39 is 11.8 Å². The van der Waals surface area contributed by atoms with Crippen LogP contribution in [0.4, 0.5) is 0 Å². The Balaban J connectivity index is 1.36. The molecule has 1 spiro atoms. The molecule has 2 aliphatic rings. The molecule has 0 aliphatic carbocycles. The van der Waals surface area contributed by atoms with Crippen molar-refractivity contribution in [1.29, 1.82) is 0 Å². The van der Waals surface area contributed by atoms with Gasteiger partial charge in [0.25, 0.3) is 11.8 Å². The molecule has 1 atom stereocenters. The fourth-order valence-corrected chi connectivity index (χ4v) is 5.46. The number of hydrogen-bond donors (Lipinski definition) is 1. The number of benzene rings is 2. The predicted molar refractivity (Wildman–Crippen MR) is 152 cm³/mol. The molecule has 2 saturated heterocycles. The third-order valence-corrected chi connectivity index (χ3v) is 7.77. The molecule has 1 unspecified atom stereocenters. The van der Waals surface area contributed by atoms with Gasteiger partial charge in [-0.25, -0.2) is 0 Å². The second-order valence-electron chi connectivity index (χ2n) is 10.1. The molecule has 3 aromatic rings. The Bertz CT molecular complexity index is 1420. The maximum atomic E-state index is 14.0. The van der Waals surface area contributed by atoms with Gasteiger partial charge in [-0.3, -0.25) is 24.3 Å². The summed E-state index contributed by atoms with van der Waals surface area (Å²) in [5, 5.41) is 2.93. The number of piperidine rings is 1. The molecule has 220 valence electrons. The van der Waals surface area contributed by atoms with Crippen molar-refractivity contribution in [2.45, 2.75) is 31.2 Å². The molecule has 2 fully saturated rings. The van der Waals surface area contributed by atoms with Crippen LogP contribution in [0.25, 0.3) is 0 Å². The van der Waals surface area contributed by atoms with Crippen molar-refractivity contribution in [2.24, 2.45) is 0 Å². The van der Waals surface area contributed by atoms with Gasteiger partial charge in [0.1, 0.15) is 17.5 Å². The highest BCUT2D eigenvalue weighted by atomic mass is 16.5. The van der Waals surface area contributed by atoms with Crippen molar-refractivity contribution in [3.63, 3.8) is 0 Å². The number of aromatic nitrogens is 1. The van der Waals surface area contributed by atoms with Gasteiger partial charge in [0, 0.05) is 56.0 Å². The Morgan fingerprint density at radius 1 is 0.929 bits per heavy atom. The molecule has 2 aliphatic heterocycles. The lowest BCUT2D eigenvalue weighted by atomic mass is 9.96. The number of carbonyl (C=O) groups is 3. The lowest BCUT2D eigenvalue weighted by Gasteiger charge is -2.44. The summed E-state index contributed by atoms with van der Waals surface area (Å²) in [6.45, 7) is 0.992. The van der Waals surface area contributed by atoms with E-state index in [-0.39, 0.29) is 30.9 Å². The quantitative estimate of drug-likeness (QED) is 0.436. The van der Waals surface area contributed by atoms with Gasteiger partial charge in [0.15, 0.2) is 11.5 Å². The Morgan fingerprint density at radius 3 is 2.29 bits per heavy atom. The summed E-state index contributed by atoms with van der Waals surface area (Å²) >= 11 is 0. The smallest absolute Gasteiger partial charge is 0.256 e. The molecule has 1 N–H and O–H groups in total. The Kier molecular flexibility index (Phi) is 8.58. The second-order valence-corrected chi connectivity index (χ2v) is 10.1. The van der Waals surface area contributed by atoms with Crippen LogP contribution in [0.15, 0.2) is 67.0 Å². The number of methoxy groups -OCH3 is 3. The molecule has 0 bridgehead atoms. The molecular weight excluding hydrogens is 540 g/mol. The van der Waals surface area contributed by atoms with Crippen LogP contribution in [0.1, 0.15) is 39.1 Å². The van der Waals surface area contributed by atoms with E-state index in [1.165, 1.54) is 14.2 Å². The van der Waals surface area contributed by atoms with Crippen molar-refractivity contribution in [3.8, 4) is 17.2 Å². The summed E-state index contributed by atoms with van der Waals surface area (Å²) in [7, 11) is 4.61. The van der Waals surface area contributed by atoms with E-state index in [9.17, 15) is 14.4 Å². The maximum Gasteiger partial charge on any atom is 0.256 e. The van der Waals surface area contributed by atoms with E-state index in [1.807, 2.05) is 6.07 Å². The second kappa shape index (κ2) is 12.5. The zero-order valence-corrected chi connectivity index (χ0v) is 23.9. The number of carbonyl (C=O) groups excluding carboxylic acids is 3. The molecule has 11 heteroatoms. The van der Waals surface area contributed by atoms with Crippen molar-refractivity contribution in [2.75, 3.05) is 41.0 Å². The van der Waals surface area contributed by atoms with Crippen LogP contribution in [0.2, 0.25) is 0 Å². The van der Waals surface area contributed by atoms with Crippen LogP contribution in [0.5, 0.6) is 17.2 Å². The molecule has 2 aromatic carbocycles. The number of hydrogen-bond acceptors (Lipinski definition) is 8. The lowest BCUT2D eigenvalue weighted by Crippen LogP contribution is -2.59. The van der Waals surface area contributed by atoms with E-state index in [2.05, 4.69) is 10.3 Å². The van der Waals surface area contributed by atoms with Crippen LogP contribution >= 0.6 is 0 Å². The Labute approximate surface area is 244 Å². The Morgan fingerprint density at radius 2 is 1.64 bits per heavy atom.